The van der Waals surface area contributed by atoms with Crippen molar-refractivity contribution in [2.45, 2.75) is 51.6 Å². The number of nitrogens with one attached hydrogen (secondary N) is 1. The van der Waals surface area contributed by atoms with Gasteiger partial charge >= 0.3 is 0 Å². The van der Waals surface area contributed by atoms with Gasteiger partial charge in [0.2, 0.25) is 0 Å². The Bertz CT molecular complexity index is 525. The van der Waals surface area contributed by atoms with Gasteiger partial charge in [0, 0.05) is 37.6 Å². The van der Waals surface area contributed by atoms with Gasteiger partial charge < -0.3 is 5.32 Å². The summed E-state index contributed by atoms with van der Waals surface area (Å²) in [6.45, 7) is 8.63. The normalized spacial score (nSPS) is 26.3. The summed E-state index contributed by atoms with van der Waals surface area (Å²) < 4.78 is 0. The Labute approximate surface area is 126 Å². The van der Waals surface area contributed by atoms with Crippen molar-refractivity contribution in [1.82, 2.24) is 15.2 Å². The van der Waals surface area contributed by atoms with E-state index >= 15 is 0 Å². The Kier molecular flexibility index (Phi) is 3.98. The molecule has 21 heavy (non-hydrogen) atoms. The van der Waals surface area contributed by atoms with E-state index in [1.54, 1.807) is 6.20 Å². The highest BCUT2D eigenvalue weighted by molar-refractivity contribution is 5.94. The number of likely N-dealkylation sites (tertiary alicyclic amines) is 1. The van der Waals surface area contributed by atoms with E-state index in [9.17, 15) is 4.79 Å². The Morgan fingerprint density at radius 2 is 2.10 bits per heavy atom. The summed E-state index contributed by atoms with van der Waals surface area (Å²) in [6, 6.07) is 2.79. The molecule has 114 valence electrons. The highest BCUT2D eigenvalue weighted by Crippen LogP contribution is 2.39. The van der Waals surface area contributed by atoms with Crippen LogP contribution < -0.4 is 5.32 Å². The second kappa shape index (κ2) is 5.76. The minimum absolute atomic E-state index is 0.0208. The lowest BCUT2D eigenvalue weighted by Gasteiger charge is -2.20. The highest BCUT2D eigenvalue weighted by Gasteiger charge is 2.32. The Balaban J connectivity index is 1.64. The van der Waals surface area contributed by atoms with Crippen molar-refractivity contribution in [1.29, 1.82) is 0 Å². The quantitative estimate of drug-likeness (QED) is 0.925. The molecule has 2 heterocycles. The van der Waals surface area contributed by atoms with Gasteiger partial charge in [-0.3, -0.25) is 14.7 Å². The summed E-state index contributed by atoms with van der Waals surface area (Å²) in [4.78, 5) is 19.1. The van der Waals surface area contributed by atoms with Crippen LogP contribution in [-0.2, 0) is 0 Å². The fraction of sp³-hybridized carbons (Fsp3) is 0.647. The standard InChI is InChI=1S/C17H25N3O/c1-11(2)20-9-12(3)16(10-20)19-17(21)15-6-14(7-18-8-15)13-4-5-13/h6-8,11-13,16H,4-5,9-10H2,1-3H3,(H,19,21)/t12-,16+/m0/s1. The molecule has 0 bridgehead atoms. The summed E-state index contributed by atoms with van der Waals surface area (Å²) in [6.07, 6.45) is 6.04. The minimum Gasteiger partial charge on any atom is -0.348 e. The molecule has 2 fully saturated rings. The smallest absolute Gasteiger partial charge is 0.253 e. The molecule has 2 atom stereocenters. The third-order valence-corrected chi connectivity index (χ3v) is 4.76. The maximum atomic E-state index is 12.4. The number of rotatable bonds is 4. The molecule has 1 aliphatic carbocycles. The molecule has 1 N–H and O–H groups in total. The van der Waals surface area contributed by atoms with Crippen molar-refractivity contribution in [2.24, 2.45) is 5.92 Å². The Morgan fingerprint density at radius 1 is 1.33 bits per heavy atom. The van der Waals surface area contributed by atoms with E-state index in [0.29, 0.717) is 23.4 Å². The average molecular weight is 287 g/mol. The van der Waals surface area contributed by atoms with Gasteiger partial charge in [-0.25, -0.2) is 0 Å². The first-order valence-corrected chi connectivity index (χ1v) is 8.04. The summed E-state index contributed by atoms with van der Waals surface area (Å²) in [5.41, 5.74) is 1.92. The number of carbonyl (C=O) groups is 1. The van der Waals surface area contributed by atoms with Crippen LogP contribution in [0.1, 0.15) is 55.5 Å². The molecule has 0 radical (unpaired) electrons. The molecule has 2 aliphatic rings. The van der Waals surface area contributed by atoms with Crippen LogP contribution in [0, 0.1) is 5.92 Å². The zero-order valence-electron chi connectivity index (χ0n) is 13.2. The molecule has 1 aromatic rings. The van der Waals surface area contributed by atoms with Crippen LogP contribution in [0.15, 0.2) is 18.5 Å². The molecular formula is C17H25N3O. The minimum atomic E-state index is 0.0208. The van der Waals surface area contributed by atoms with Crippen LogP contribution in [0.5, 0.6) is 0 Å². The van der Waals surface area contributed by atoms with Crippen molar-refractivity contribution in [3.8, 4) is 0 Å². The molecule has 1 aromatic heterocycles. The third-order valence-electron chi connectivity index (χ3n) is 4.76. The predicted molar refractivity (Wildman–Crippen MR) is 83.3 cm³/mol. The molecule has 1 amide bonds. The van der Waals surface area contributed by atoms with E-state index in [-0.39, 0.29) is 11.9 Å². The van der Waals surface area contributed by atoms with Gasteiger partial charge in [0.25, 0.3) is 5.91 Å². The molecule has 4 nitrogen and oxygen atoms in total. The zero-order chi connectivity index (χ0) is 15.0. The van der Waals surface area contributed by atoms with Gasteiger partial charge in [0.1, 0.15) is 0 Å². The van der Waals surface area contributed by atoms with Crippen LogP contribution in [-0.4, -0.2) is 41.0 Å². The summed E-state index contributed by atoms with van der Waals surface area (Å²) in [7, 11) is 0. The van der Waals surface area contributed by atoms with E-state index < -0.39 is 0 Å². The molecule has 3 rings (SSSR count). The number of hydrogen-bond acceptors (Lipinski definition) is 3. The number of amides is 1. The monoisotopic (exact) mass is 287 g/mol. The van der Waals surface area contributed by atoms with Crippen molar-refractivity contribution >= 4 is 5.91 Å². The number of aromatic nitrogens is 1. The Morgan fingerprint density at radius 3 is 2.71 bits per heavy atom. The van der Waals surface area contributed by atoms with E-state index in [1.807, 2.05) is 12.3 Å². The lowest BCUT2D eigenvalue weighted by molar-refractivity contribution is 0.0930. The zero-order valence-corrected chi connectivity index (χ0v) is 13.2. The van der Waals surface area contributed by atoms with Crippen LogP contribution in [0.2, 0.25) is 0 Å². The van der Waals surface area contributed by atoms with E-state index in [4.69, 9.17) is 0 Å². The first-order valence-electron chi connectivity index (χ1n) is 8.04. The predicted octanol–water partition coefficient (Wildman–Crippen LogP) is 2.42. The summed E-state index contributed by atoms with van der Waals surface area (Å²) in [5, 5.41) is 3.20. The highest BCUT2D eigenvalue weighted by atomic mass is 16.1. The van der Waals surface area contributed by atoms with E-state index in [0.717, 1.165) is 13.1 Å². The van der Waals surface area contributed by atoms with Gasteiger partial charge in [-0.05, 0) is 50.2 Å². The van der Waals surface area contributed by atoms with Crippen LogP contribution >= 0.6 is 0 Å². The second-order valence-electron chi connectivity index (χ2n) is 6.89. The van der Waals surface area contributed by atoms with Crippen molar-refractivity contribution < 1.29 is 4.79 Å². The van der Waals surface area contributed by atoms with Crippen molar-refractivity contribution in [3.05, 3.63) is 29.6 Å². The van der Waals surface area contributed by atoms with E-state index in [1.165, 1.54) is 18.4 Å². The lowest BCUT2D eigenvalue weighted by Crippen LogP contribution is -2.40. The van der Waals surface area contributed by atoms with Crippen LogP contribution in [0.3, 0.4) is 0 Å². The maximum absolute atomic E-state index is 12.4. The van der Waals surface area contributed by atoms with Gasteiger partial charge in [-0.1, -0.05) is 6.92 Å². The topological polar surface area (TPSA) is 45.2 Å². The molecule has 1 saturated heterocycles. The summed E-state index contributed by atoms with van der Waals surface area (Å²) >= 11 is 0. The van der Waals surface area contributed by atoms with Gasteiger partial charge in [0.15, 0.2) is 0 Å². The largest absolute Gasteiger partial charge is 0.348 e. The van der Waals surface area contributed by atoms with Crippen LogP contribution in [0.25, 0.3) is 0 Å². The van der Waals surface area contributed by atoms with Gasteiger partial charge in [-0.15, -0.1) is 0 Å². The average Bonchev–Trinajstić information content (AvgIpc) is 3.24. The molecule has 0 spiro atoms. The van der Waals surface area contributed by atoms with Crippen LogP contribution in [0.4, 0.5) is 0 Å². The number of pyridine rings is 1. The number of carbonyl (C=O) groups excluding carboxylic acids is 1. The number of nitrogens with zero attached hydrogens (tertiary/aromatic N) is 2. The fourth-order valence-corrected chi connectivity index (χ4v) is 3.09. The van der Waals surface area contributed by atoms with E-state index in [2.05, 4.69) is 36.0 Å². The van der Waals surface area contributed by atoms with Crippen molar-refractivity contribution in [2.75, 3.05) is 13.1 Å². The third kappa shape index (κ3) is 3.26. The molecule has 1 aliphatic heterocycles. The fourth-order valence-electron chi connectivity index (χ4n) is 3.09. The molecule has 4 heteroatoms. The van der Waals surface area contributed by atoms with Gasteiger partial charge in [-0.2, -0.15) is 0 Å². The molecule has 1 saturated carbocycles. The molecule has 0 unspecified atom stereocenters. The molecule has 0 aromatic carbocycles. The van der Waals surface area contributed by atoms with Gasteiger partial charge in [0.05, 0.1) is 5.56 Å². The Hall–Kier alpha value is -1.42. The SMILES string of the molecule is CC(C)N1C[C@H](C)[C@H](NC(=O)c2cncc(C3CC3)c2)C1. The molecular weight excluding hydrogens is 262 g/mol. The van der Waals surface area contributed by atoms with Crippen molar-refractivity contribution in [3.63, 3.8) is 0 Å². The maximum Gasteiger partial charge on any atom is 0.253 e. The first kappa shape index (κ1) is 14.5. The second-order valence-corrected chi connectivity index (χ2v) is 6.89. The lowest BCUT2D eigenvalue weighted by atomic mass is 10.1. The summed E-state index contributed by atoms with van der Waals surface area (Å²) in [5.74, 6) is 1.15. The first-order chi connectivity index (χ1) is 10.0. The number of hydrogen-bond donors (Lipinski definition) is 1.